The lowest BCUT2D eigenvalue weighted by Crippen LogP contribution is -2.14. The monoisotopic (exact) mass is 273 g/mol. The van der Waals surface area contributed by atoms with Crippen LogP contribution in [0.5, 0.6) is 5.75 Å². The van der Waals surface area contributed by atoms with Crippen molar-refractivity contribution in [2.45, 2.75) is 19.4 Å². The van der Waals surface area contributed by atoms with Crippen LogP contribution in [0.2, 0.25) is 0 Å². The lowest BCUT2D eigenvalue weighted by Gasteiger charge is -2.15. The van der Waals surface area contributed by atoms with Crippen molar-refractivity contribution in [3.05, 3.63) is 53.8 Å². The summed E-state index contributed by atoms with van der Waals surface area (Å²) >= 11 is 0. The lowest BCUT2D eigenvalue weighted by molar-refractivity contribution is 0.415. The van der Waals surface area contributed by atoms with Gasteiger partial charge in [-0.3, -0.25) is 0 Å². The molecule has 1 unspecified atom stereocenters. The predicted molar refractivity (Wildman–Crippen MR) is 80.5 cm³/mol. The van der Waals surface area contributed by atoms with Gasteiger partial charge in [0.15, 0.2) is 0 Å². The van der Waals surface area contributed by atoms with E-state index in [1.165, 1.54) is 17.7 Å². The van der Waals surface area contributed by atoms with Crippen LogP contribution < -0.4 is 10.1 Å². The molecule has 0 aliphatic rings. The normalized spacial score (nSPS) is 12.2. The molecule has 0 saturated heterocycles. The summed E-state index contributed by atoms with van der Waals surface area (Å²) in [5.41, 5.74) is 2.96. The molecule has 0 aromatic heterocycles. The molecule has 0 aliphatic heterocycles. The van der Waals surface area contributed by atoms with Crippen LogP contribution in [0.3, 0.4) is 0 Å². The minimum absolute atomic E-state index is 0.258. The first-order valence-electron chi connectivity index (χ1n) is 6.80. The molecule has 0 heterocycles. The number of ether oxygens (including phenoxy) is 1. The SMILES string of the molecule is CCC(NC)c1ccc(-c2cc(F)ccc2OC)cc1. The van der Waals surface area contributed by atoms with E-state index in [-0.39, 0.29) is 5.82 Å². The number of hydrogen-bond donors (Lipinski definition) is 1. The van der Waals surface area contributed by atoms with E-state index in [1.54, 1.807) is 13.2 Å². The van der Waals surface area contributed by atoms with Crippen LogP contribution in [-0.2, 0) is 0 Å². The van der Waals surface area contributed by atoms with Crippen molar-refractivity contribution in [2.75, 3.05) is 14.2 Å². The number of halogens is 1. The maximum absolute atomic E-state index is 13.4. The van der Waals surface area contributed by atoms with Gasteiger partial charge >= 0.3 is 0 Å². The Kier molecular flexibility index (Phi) is 4.74. The fourth-order valence-electron chi connectivity index (χ4n) is 2.41. The highest BCUT2D eigenvalue weighted by Gasteiger charge is 2.09. The minimum atomic E-state index is -0.258. The molecule has 0 saturated carbocycles. The first-order chi connectivity index (χ1) is 9.69. The summed E-state index contributed by atoms with van der Waals surface area (Å²) in [4.78, 5) is 0. The minimum Gasteiger partial charge on any atom is -0.496 e. The predicted octanol–water partition coefficient (Wildman–Crippen LogP) is 4.17. The van der Waals surface area contributed by atoms with E-state index in [0.717, 1.165) is 17.5 Å². The third-order valence-corrected chi connectivity index (χ3v) is 3.54. The van der Waals surface area contributed by atoms with Crippen molar-refractivity contribution in [3.63, 3.8) is 0 Å². The van der Waals surface area contributed by atoms with Crippen LogP contribution in [0.25, 0.3) is 11.1 Å². The molecule has 0 fully saturated rings. The van der Waals surface area contributed by atoms with Gasteiger partial charge < -0.3 is 10.1 Å². The summed E-state index contributed by atoms with van der Waals surface area (Å²) in [6.07, 6.45) is 1.03. The highest BCUT2D eigenvalue weighted by atomic mass is 19.1. The van der Waals surface area contributed by atoms with E-state index in [1.807, 2.05) is 19.2 Å². The first kappa shape index (κ1) is 14.5. The number of benzene rings is 2. The second-order valence-corrected chi connectivity index (χ2v) is 4.72. The quantitative estimate of drug-likeness (QED) is 0.882. The van der Waals surface area contributed by atoms with Crippen molar-refractivity contribution in [2.24, 2.45) is 0 Å². The summed E-state index contributed by atoms with van der Waals surface area (Å²) in [6.45, 7) is 2.14. The van der Waals surface area contributed by atoms with Crippen molar-refractivity contribution >= 4 is 0 Å². The Morgan fingerprint density at radius 3 is 2.40 bits per heavy atom. The Balaban J connectivity index is 2.37. The van der Waals surface area contributed by atoms with Gasteiger partial charge in [0.1, 0.15) is 11.6 Å². The molecule has 0 amide bonds. The number of hydrogen-bond acceptors (Lipinski definition) is 2. The molecule has 0 bridgehead atoms. The van der Waals surface area contributed by atoms with Gasteiger partial charge in [-0.25, -0.2) is 4.39 Å². The fourth-order valence-corrected chi connectivity index (χ4v) is 2.41. The second kappa shape index (κ2) is 6.53. The van der Waals surface area contributed by atoms with Crippen LogP contribution in [0.4, 0.5) is 4.39 Å². The maximum atomic E-state index is 13.4. The third-order valence-electron chi connectivity index (χ3n) is 3.54. The van der Waals surface area contributed by atoms with Gasteiger partial charge in [-0.05, 0) is 42.8 Å². The number of nitrogens with one attached hydrogen (secondary N) is 1. The average Bonchev–Trinajstić information content (AvgIpc) is 2.49. The molecule has 1 atom stereocenters. The van der Waals surface area contributed by atoms with Gasteiger partial charge in [0, 0.05) is 11.6 Å². The van der Waals surface area contributed by atoms with Crippen molar-refractivity contribution < 1.29 is 9.13 Å². The highest BCUT2D eigenvalue weighted by molar-refractivity contribution is 5.70. The summed E-state index contributed by atoms with van der Waals surface area (Å²) in [7, 11) is 3.55. The smallest absolute Gasteiger partial charge is 0.126 e. The molecule has 0 radical (unpaired) electrons. The molecule has 0 aliphatic carbocycles. The van der Waals surface area contributed by atoms with E-state index in [9.17, 15) is 4.39 Å². The van der Waals surface area contributed by atoms with Crippen LogP contribution in [-0.4, -0.2) is 14.2 Å². The van der Waals surface area contributed by atoms with E-state index in [0.29, 0.717) is 11.8 Å². The van der Waals surface area contributed by atoms with Gasteiger partial charge in [-0.2, -0.15) is 0 Å². The van der Waals surface area contributed by atoms with Gasteiger partial charge in [0.05, 0.1) is 7.11 Å². The standard InChI is InChI=1S/C17H20FNO/c1-4-16(19-2)13-7-5-12(6-8-13)15-11-14(18)9-10-17(15)20-3/h5-11,16,19H,4H2,1-3H3. The van der Waals surface area contributed by atoms with Crippen LogP contribution in [0.15, 0.2) is 42.5 Å². The largest absolute Gasteiger partial charge is 0.496 e. The van der Waals surface area contributed by atoms with Crippen molar-refractivity contribution in [1.29, 1.82) is 0 Å². The van der Waals surface area contributed by atoms with E-state index in [4.69, 9.17) is 4.74 Å². The third kappa shape index (κ3) is 2.99. The maximum Gasteiger partial charge on any atom is 0.126 e. The molecule has 3 heteroatoms. The lowest BCUT2D eigenvalue weighted by atomic mass is 9.99. The Bertz CT molecular complexity index is 562. The number of methoxy groups -OCH3 is 1. The Morgan fingerprint density at radius 2 is 1.85 bits per heavy atom. The van der Waals surface area contributed by atoms with Gasteiger partial charge in [-0.1, -0.05) is 31.2 Å². The zero-order chi connectivity index (χ0) is 14.5. The Hall–Kier alpha value is -1.87. The van der Waals surface area contributed by atoms with E-state index >= 15 is 0 Å². The molecule has 2 aromatic rings. The molecular weight excluding hydrogens is 253 g/mol. The summed E-state index contributed by atoms with van der Waals surface area (Å²) in [5, 5.41) is 3.27. The molecule has 1 N–H and O–H groups in total. The van der Waals surface area contributed by atoms with Gasteiger partial charge in [0.2, 0.25) is 0 Å². The second-order valence-electron chi connectivity index (χ2n) is 4.72. The van der Waals surface area contributed by atoms with Gasteiger partial charge in [0.25, 0.3) is 0 Å². The fraction of sp³-hybridized carbons (Fsp3) is 0.294. The van der Waals surface area contributed by atoms with E-state index in [2.05, 4.69) is 24.4 Å². The molecule has 106 valence electrons. The Morgan fingerprint density at radius 1 is 1.15 bits per heavy atom. The van der Waals surface area contributed by atoms with Crippen LogP contribution in [0, 0.1) is 5.82 Å². The van der Waals surface area contributed by atoms with Crippen LogP contribution in [0.1, 0.15) is 24.9 Å². The molecule has 0 spiro atoms. The van der Waals surface area contributed by atoms with Crippen molar-refractivity contribution in [1.82, 2.24) is 5.32 Å². The summed E-state index contributed by atoms with van der Waals surface area (Å²) in [5.74, 6) is 0.423. The molecule has 2 rings (SSSR count). The first-order valence-corrected chi connectivity index (χ1v) is 6.80. The number of rotatable bonds is 5. The van der Waals surface area contributed by atoms with E-state index < -0.39 is 0 Å². The van der Waals surface area contributed by atoms with Crippen molar-refractivity contribution in [3.8, 4) is 16.9 Å². The van der Waals surface area contributed by atoms with Gasteiger partial charge in [-0.15, -0.1) is 0 Å². The van der Waals surface area contributed by atoms with Crippen LogP contribution >= 0.6 is 0 Å². The molecule has 2 aromatic carbocycles. The average molecular weight is 273 g/mol. The highest BCUT2D eigenvalue weighted by Crippen LogP contribution is 2.31. The topological polar surface area (TPSA) is 21.3 Å². The summed E-state index contributed by atoms with van der Waals surface area (Å²) < 4.78 is 18.7. The Labute approximate surface area is 119 Å². The molecule has 20 heavy (non-hydrogen) atoms. The zero-order valence-corrected chi connectivity index (χ0v) is 12.1. The zero-order valence-electron chi connectivity index (χ0n) is 12.1. The summed E-state index contributed by atoms with van der Waals surface area (Å²) in [6, 6.07) is 13.1. The molecular formula is C17H20FNO. The molecule has 2 nitrogen and oxygen atoms in total.